The van der Waals surface area contributed by atoms with Crippen molar-refractivity contribution in [2.75, 3.05) is 6.26 Å². The molecule has 3 aromatic rings. The third-order valence-electron chi connectivity index (χ3n) is 3.67. The van der Waals surface area contributed by atoms with Crippen molar-refractivity contribution in [2.45, 2.75) is 18.7 Å². The van der Waals surface area contributed by atoms with Crippen LogP contribution in [0.1, 0.15) is 11.1 Å². The minimum atomic E-state index is -3.26. The van der Waals surface area contributed by atoms with Gasteiger partial charge < -0.3 is 4.98 Å². The first-order chi connectivity index (χ1) is 9.89. The van der Waals surface area contributed by atoms with Crippen LogP contribution in [-0.2, 0) is 9.84 Å². The number of aromatic amines is 1. The Morgan fingerprint density at radius 3 is 2.52 bits per heavy atom. The van der Waals surface area contributed by atoms with Crippen LogP contribution in [0.15, 0.2) is 41.6 Å². The van der Waals surface area contributed by atoms with Gasteiger partial charge in [-0.15, -0.1) is 0 Å². The van der Waals surface area contributed by atoms with E-state index in [1.165, 1.54) is 6.26 Å². The van der Waals surface area contributed by atoms with E-state index < -0.39 is 9.84 Å². The molecule has 108 valence electrons. The lowest BCUT2D eigenvalue weighted by molar-refractivity contribution is 0.602. The number of nitrogens with one attached hydrogen (secondary N) is 1. The maximum atomic E-state index is 11.9. The zero-order valence-corrected chi connectivity index (χ0v) is 13.0. The first kappa shape index (κ1) is 13.8. The average molecular weight is 300 g/mol. The molecule has 2 heterocycles. The van der Waals surface area contributed by atoms with E-state index in [2.05, 4.69) is 9.97 Å². The van der Waals surface area contributed by atoms with Crippen LogP contribution >= 0.6 is 0 Å². The fraction of sp³-hybridized carbons (Fsp3) is 0.188. The molecule has 0 atom stereocenters. The van der Waals surface area contributed by atoms with Crippen LogP contribution in [0.3, 0.4) is 0 Å². The van der Waals surface area contributed by atoms with E-state index in [4.69, 9.17) is 0 Å². The highest BCUT2D eigenvalue weighted by Gasteiger charge is 2.18. The van der Waals surface area contributed by atoms with Crippen molar-refractivity contribution in [1.82, 2.24) is 9.97 Å². The average Bonchev–Trinajstić information content (AvgIpc) is 2.84. The molecule has 2 aromatic heterocycles. The first-order valence-corrected chi connectivity index (χ1v) is 8.51. The summed E-state index contributed by atoms with van der Waals surface area (Å²) in [6.07, 6.45) is 4.53. The lowest BCUT2D eigenvalue weighted by atomic mass is 9.99. The second-order valence-corrected chi connectivity index (χ2v) is 7.26. The van der Waals surface area contributed by atoms with Crippen molar-refractivity contribution < 1.29 is 8.42 Å². The summed E-state index contributed by atoms with van der Waals surface area (Å²) >= 11 is 0. The first-order valence-electron chi connectivity index (χ1n) is 6.62. The summed E-state index contributed by atoms with van der Waals surface area (Å²) in [6, 6.07) is 7.68. The number of hydrogen-bond acceptors (Lipinski definition) is 3. The van der Waals surface area contributed by atoms with Crippen LogP contribution in [0.2, 0.25) is 0 Å². The van der Waals surface area contributed by atoms with Crippen molar-refractivity contribution in [2.24, 2.45) is 0 Å². The smallest absolute Gasteiger partial charge is 0.177 e. The van der Waals surface area contributed by atoms with Gasteiger partial charge in [0.2, 0.25) is 0 Å². The molecule has 0 unspecified atom stereocenters. The number of hydrogen-bond donors (Lipinski definition) is 1. The fourth-order valence-corrected chi connectivity index (χ4v) is 3.48. The quantitative estimate of drug-likeness (QED) is 0.790. The largest absolute Gasteiger partial charge is 0.359 e. The summed E-state index contributed by atoms with van der Waals surface area (Å²) in [5, 5.41) is 0.711. The van der Waals surface area contributed by atoms with E-state index in [1.807, 2.05) is 38.1 Å². The summed E-state index contributed by atoms with van der Waals surface area (Å²) in [5.74, 6) is 0. The molecule has 3 rings (SSSR count). The lowest BCUT2D eigenvalue weighted by Gasteiger charge is -2.10. The number of rotatable bonds is 2. The molecule has 5 heteroatoms. The maximum absolute atomic E-state index is 11.9. The number of aryl methyl sites for hydroxylation is 2. The maximum Gasteiger partial charge on any atom is 0.177 e. The van der Waals surface area contributed by atoms with Gasteiger partial charge in [0.1, 0.15) is 0 Å². The molecule has 0 radical (unpaired) electrons. The van der Waals surface area contributed by atoms with Gasteiger partial charge in [0.25, 0.3) is 0 Å². The second kappa shape index (κ2) is 4.70. The Morgan fingerprint density at radius 1 is 1.10 bits per heavy atom. The van der Waals surface area contributed by atoms with Gasteiger partial charge in [-0.1, -0.05) is 18.2 Å². The number of fused-ring (bicyclic) bond motifs is 1. The SMILES string of the molecule is Cc1cccnc1-c1c(C)ccc2c(S(C)(=O)=O)c[nH]c12. The monoisotopic (exact) mass is 300 g/mol. The fourth-order valence-electron chi connectivity index (χ4n) is 2.64. The number of benzene rings is 1. The van der Waals surface area contributed by atoms with Gasteiger partial charge in [-0.05, 0) is 31.0 Å². The predicted octanol–water partition coefficient (Wildman–Crippen LogP) is 3.25. The topological polar surface area (TPSA) is 62.8 Å². The van der Waals surface area contributed by atoms with Crippen molar-refractivity contribution >= 4 is 20.7 Å². The molecular weight excluding hydrogens is 284 g/mol. The zero-order valence-electron chi connectivity index (χ0n) is 12.1. The Bertz CT molecular complexity index is 940. The van der Waals surface area contributed by atoms with Gasteiger partial charge in [0.05, 0.1) is 16.1 Å². The molecule has 4 nitrogen and oxygen atoms in total. The molecule has 0 aliphatic carbocycles. The van der Waals surface area contributed by atoms with E-state index in [1.54, 1.807) is 12.4 Å². The molecule has 0 bridgehead atoms. The molecule has 0 amide bonds. The number of H-pyrrole nitrogens is 1. The number of pyridine rings is 1. The minimum Gasteiger partial charge on any atom is -0.359 e. The molecule has 0 fully saturated rings. The third-order valence-corrected chi connectivity index (χ3v) is 4.81. The summed E-state index contributed by atoms with van der Waals surface area (Å²) < 4.78 is 23.7. The van der Waals surface area contributed by atoms with E-state index in [9.17, 15) is 8.42 Å². The van der Waals surface area contributed by atoms with Gasteiger partial charge in [0, 0.05) is 29.6 Å². The predicted molar refractivity (Wildman–Crippen MR) is 84.1 cm³/mol. The van der Waals surface area contributed by atoms with E-state index in [-0.39, 0.29) is 0 Å². The van der Waals surface area contributed by atoms with E-state index in [0.29, 0.717) is 10.3 Å². The van der Waals surface area contributed by atoms with Crippen molar-refractivity contribution in [3.8, 4) is 11.3 Å². The van der Waals surface area contributed by atoms with Crippen molar-refractivity contribution in [1.29, 1.82) is 0 Å². The second-order valence-electron chi connectivity index (χ2n) is 5.27. The zero-order chi connectivity index (χ0) is 15.2. The standard InChI is InChI=1S/C16H16N2O2S/c1-10-6-7-12-13(21(3,19)20)9-18-16(12)14(10)15-11(2)5-4-8-17-15/h4-9,18H,1-3H3. The molecule has 0 spiro atoms. The molecule has 0 saturated carbocycles. The summed E-state index contributed by atoms with van der Waals surface area (Å²) in [7, 11) is -3.26. The summed E-state index contributed by atoms with van der Waals surface area (Å²) in [5.41, 5.74) is 4.77. The van der Waals surface area contributed by atoms with Gasteiger partial charge in [0.15, 0.2) is 9.84 Å². The van der Waals surface area contributed by atoms with E-state index >= 15 is 0 Å². The van der Waals surface area contributed by atoms with Crippen LogP contribution in [0.4, 0.5) is 0 Å². The van der Waals surface area contributed by atoms with Crippen LogP contribution in [0, 0.1) is 13.8 Å². The number of sulfone groups is 1. The highest BCUT2D eigenvalue weighted by molar-refractivity contribution is 7.91. The van der Waals surface area contributed by atoms with Gasteiger partial charge in [-0.2, -0.15) is 0 Å². The van der Waals surface area contributed by atoms with Crippen molar-refractivity contribution in [3.05, 3.63) is 47.8 Å². The van der Waals surface area contributed by atoms with Crippen LogP contribution in [0.25, 0.3) is 22.2 Å². The van der Waals surface area contributed by atoms with Crippen LogP contribution in [0.5, 0.6) is 0 Å². The minimum absolute atomic E-state index is 0.326. The van der Waals surface area contributed by atoms with Crippen molar-refractivity contribution in [3.63, 3.8) is 0 Å². The number of aromatic nitrogens is 2. The lowest BCUT2D eigenvalue weighted by Crippen LogP contribution is -1.96. The third kappa shape index (κ3) is 2.23. The Labute approximate surface area is 123 Å². The van der Waals surface area contributed by atoms with Gasteiger partial charge >= 0.3 is 0 Å². The molecule has 0 saturated heterocycles. The number of nitrogens with zero attached hydrogens (tertiary/aromatic N) is 1. The normalized spacial score (nSPS) is 12.0. The van der Waals surface area contributed by atoms with Gasteiger partial charge in [-0.3, -0.25) is 4.98 Å². The molecule has 1 N–H and O–H groups in total. The summed E-state index contributed by atoms with van der Waals surface area (Å²) in [4.78, 5) is 7.90. The van der Waals surface area contributed by atoms with Crippen LogP contribution in [-0.4, -0.2) is 24.6 Å². The summed E-state index contributed by atoms with van der Waals surface area (Å²) in [6.45, 7) is 4.00. The molecule has 0 aliphatic heterocycles. The Kier molecular flexibility index (Phi) is 3.10. The Hall–Kier alpha value is -2.14. The molecule has 1 aromatic carbocycles. The van der Waals surface area contributed by atoms with Gasteiger partial charge in [-0.25, -0.2) is 8.42 Å². The highest BCUT2D eigenvalue weighted by Crippen LogP contribution is 2.34. The Morgan fingerprint density at radius 2 is 1.86 bits per heavy atom. The Balaban J connectivity index is 2.42. The molecule has 21 heavy (non-hydrogen) atoms. The highest BCUT2D eigenvalue weighted by atomic mass is 32.2. The van der Waals surface area contributed by atoms with Crippen LogP contribution < -0.4 is 0 Å². The molecule has 0 aliphatic rings. The molecular formula is C16H16N2O2S. The van der Waals surface area contributed by atoms with E-state index in [0.717, 1.165) is 27.9 Å².